The fourth-order valence-corrected chi connectivity index (χ4v) is 5.12. The van der Waals surface area contributed by atoms with Crippen LogP contribution >= 0.6 is 23.1 Å². The van der Waals surface area contributed by atoms with E-state index in [-0.39, 0.29) is 23.6 Å². The molecule has 2 amide bonds. The van der Waals surface area contributed by atoms with Crippen LogP contribution in [-0.2, 0) is 14.3 Å². The Morgan fingerprint density at radius 3 is 2.86 bits per heavy atom. The van der Waals surface area contributed by atoms with Crippen molar-refractivity contribution in [3.63, 3.8) is 0 Å². The Balaban J connectivity index is 1.71. The van der Waals surface area contributed by atoms with Crippen molar-refractivity contribution in [1.29, 1.82) is 0 Å². The number of nitrogen functional groups attached to an aromatic ring is 1. The highest BCUT2D eigenvalue weighted by atomic mass is 32.2. The van der Waals surface area contributed by atoms with Gasteiger partial charge in [0.2, 0.25) is 5.91 Å². The molecule has 2 aliphatic rings. The van der Waals surface area contributed by atoms with Gasteiger partial charge in [-0.05, 0) is 12.0 Å². The number of carboxylic acids is 1. The molecule has 12 heteroatoms. The van der Waals surface area contributed by atoms with Crippen molar-refractivity contribution in [3.8, 4) is 0 Å². The summed E-state index contributed by atoms with van der Waals surface area (Å²) < 4.78 is 4.72. The van der Waals surface area contributed by atoms with E-state index in [0.29, 0.717) is 23.0 Å². The van der Waals surface area contributed by atoms with E-state index < -0.39 is 18.1 Å². The molecule has 3 rings (SSSR count). The molecule has 0 radical (unpaired) electrons. The third-order valence-electron chi connectivity index (χ3n) is 4.45. The number of aromatic nitrogens is 1. The topological polar surface area (TPSA) is 161 Å². The van der Waals surface area contributed by atoms with E-state index in [2.05, 4.69) is 10.3 Å². The monoisotopic (exact) mass is 439 g/mol. The highest BCUT2D eigenvalue weighted by Gasteiger charge is 2.53. The van der Waals surface area contributed by atoms with Gasteiger partial charge < -0.3 is 21.3 Å². The van der Waals surface area contributed by atoms with Crippen molar-refractivity contribution < 1.29 is 24.2 Å². The summed E-state index contributed by atoms with van der Waals surface area (Å²) >= 11 is 2.75. The Hall–Kier alpha value is -2.57. The Bertz CT molecular complexity index is 897. The number of ether oxygens (including phenoxy) is 1. The van der Waals surface area contributed by atoms with Gasteiger partial charge >= 0.3 is 12.1 Å². The number of nitrogens with two attached hydrogens (primary N) is 2. The van der Waals surface area contributed by atoms with E-state index in [1.807, 2.05) is 18.4 Å². The standard InChI is InChI=1S/C17H21N5O5S2/c1-2-3-8(10-7-29-16(18)21-10)4-20-11-13(23)22-12(15(24)25)9(5-27-17(19)26)6-28-14(11)22/h3,7,11,14,20H,2,4-6H2,1H3,(H2,18,21)(H2,19,26)(H,24,25). The lowest BCUT2D eigenvalue weighted by Crippen LogP contribution is -2.70. The highest BCUT2D eigenvalue weighted by Crippen LogP contribution is 2.40. The number of β-lactam (4-membered cyclic amide) rings is 1. The zero-order valence-corrected chi connectivity index (χ0v) is 17.2. The van der Waals surface area contributed by atoms with Crippen LogP contribution in [0.4, 0.5) is 9.93 Å². The first-order valence-corrected chi connectivity index (χ1v) is 10.7. The van der Waals surface area contributed by atoms with Gasteiger partial charge in [0.15, 0.2) is 5.13 Å². The maximum absolute atomic E-state index is 12.7. The number of anilines is 1. The Morgan fingerprint density at radius 2 is 2.28 bits per heavy atom. The second-order valence-corrected chi connectivity index (χ2v) is 8.34. The van der Waals surface area contributed by atoms with Crippen LogP contribution in [0.15, 0.2) is 22.7 Å². The number of carboxylic acid groups (broad SMARTS) is 1. The van der Waals surface area contributed by atoms with Gasteiger partial charge in [-0.15, -0.1) is 23.1 Å². The molecule has 2 aliphatic heterocycles. The zero-order chi connectivity index (χ0) is 21.1. The van der Waals surface area contributed by atoms with E-state index in [1.165, 1.54) is 28.0 Å². The average molecular weight is 440 g/mol. The number of fused-ring (bicyclic) bond motifs is 1. The number of primary amides is 1. The summed E-state index contributed by atoms with van der Waals surface area (Å²) in [6.07, 6.45) is 1.81. The van der Waals surface area contributed by atoms with Crippen molar-refractivity contribution in [2.24, 2.45) is 5.73 Å². The van der Waals surface area contributed by atoms with Crippen molar-refractivity contribution in [3.05, 3.63) is 28.4 Å². The highest BCUT2D eigenvalue weighted by molar-refractivity contribution is 8.00. The van der Waals surface area contributed by atoms with Crippen LogP contribution in [0.1, 0.15) is 19.0 Å². The number of carbonyl (C=O) groups excluding carboxylic acids is 2. The Labute approximate surface area is 175 Å². The first-order valence-electron chi connectivity index (χ1n) is 8.79. The molecule has 2 atom stereocenters. The number of amides is 2. The van der Waals surface area contributed by atoms with Gasteiger partial charge in [-0.25, -0.2) is 14.6 Å². The molecule has 0 aromatic carbocycles. The summed E-state index contributed by atoms with van der Waals surface area (Å²) in [4.78, 5) is 40.7. The number of hydrogen-bond acceptors (Lipinski definition) is 9. The van der Waals surface area contributed by atoms with E-state index in [1.54, 1.807) is 0 Å². The van der Waals surface area contributed by atoms with Crippen LogP contribution < -0.4 is 16.8 Å². The Morgan fingerprint density at radius 1 is 1.52 bits per heavy atom. The SMILES string of the molecule is CCC=C(CNC1C(=O)N2C(C(=O)O)=C(COC(N)=O)CSC12)c1csc(N)n1. The Kier molecular flexibility index (Phi) is 6.45. The number of hydrogen-bond donors (Lipinski definition) is 4. The van der Waals surface area contributed by atoms with E-state index >= 15 is 0 Å². The summed E-state index contributed by atoms with van der Waals surface area (Å²) in [5.74, 6) is -1.26. The molecule has 0 spiro atoms. The van der Waals surface area contributed by atoms with E-state index in [9.17, 15) is 19.5 Å². The van der Waals surface area contributed by atoms with Crippen LogP contribution in [0.3, 0.4) is 0 Å². The van der Waals surface area contributed by atoms with Crippen molar-refractivity contribution in [2.75, 3.05) is 24.6 Å². The van der Waals surface area contributed by atoms with E-state index in [4.69, 9.17) is 16.2 Å². The number of nitrogens with one attached hydrogen (secondary N) is 1. The molecule has 29 heavy (non-hydrogen) atoms. The third-order valence-corrected chi connectivity index (χ3v) is 6.47. The molecular formula is C17H21N5O5S2. The number of nitrogens with zero attached hydrogens (tertiary/aromatic N) is 2. The minimum atomic E-state index is -1.24. The van der Waals surface area contributed by atoms with Gasteiger partial charge in [0.25, 0.3) is 0 Å². The largest absolute Gasteiger partial charge is 0.477 e. The zero-order valence-electron chi connectivity index (χ0n) is 15.6. The normalized spacial score (nSPS) is 21.6. The maximum atomic E-state index is 12.7. The summed E-state index contributed by atoms with van der Waals surface area (Å²) in [6.45, 7) is 2.15. The smallest absolute Gasteiger partial charge is 0.404 e. The summed E-state index contributed by atoms with van der Waals surface area (Å²) in [6, 6.07) is -0.524. The van der Waals surface area contributed by atoms with Crippen LogP contribution in [-0.4, -0.2) is 63.3 Å². The number of aliphatic carboxylic acids is 1. The van der Waals surface area contributed by atoms with Crippen molar-refractivity contribution in [2.45, 2.75) is 24.8 Å². The molecule has 1 saturated heterocycles. The minimum Gasteiger partial charge on any atom is -0.477 e. The third kappa shape index (κ3) is 4.38. The number of carbonyl (C=O) groups is 3. The molecule has 156 valence electrons. The van der Waals surface area contributed by atoms with Crippen LogP contribution in [0.2, 0.25) is 0 Å². The number of allylic oxidation sites excluding steroid dienone is 1. The van der Waals surface area contributed by atoms with Crippen LogP contribution in [0.5, 0.6) is 0 Å². The lowest BCUT2D eigenvalue weighted by atomic mass is 10.0. The second kappa shape index (κ2) is 8.84. The second-order valence-electron chi connectivity index (χ2n) is 6.34. The molecule has 6 N–H and O–H groups in total. The molecule has 0 bridgehead atoms. The summed E-state index contributed by atoms with van der Waals surface area (Å²) in [5.41, 5.74) is 12.6. The van der Waals surface area contributed by atoms with Gasteiger partial charge in [0, 0.05) is 23.3 Å². The number of rotatable bonds is 8. The minimum absolute atomic E-state index is 0.144. The van der Waals surface area contributed by atoms with Gasteiger partial charge in [-0.1, -0.05) is 13.0 Å². The summed E-state index contributed by atoms with van der Waals surface area (Å²) in [5, 5.41) is 14.7. The van der Waals surface area contributed by atoms with E-state index in [0.717, 1.165) is 17.7 Å². The fourth-order valence-electron chi connectivity index (χ4n) is 3.18. The maximum Gasteiger partial charge on any atom is 0.404 e. The summed E-state index contributed by atoms with van der Waals surface area (Å²) in [7, 11) is 0. The molecule has 1 fully saturated rings. The quantitative estimate of drug-likeness (QED) is 0.430. The predicted molar refractivity (Wildman–Crippen MR) is 110 cm³/mol. The van der Waals surface area contributed by atoms with Crippen LogP contribution in [0, 0.1) is 0 Å². The predicted octanol–water partition coefficient (Wildman–Crippen LogP) is 0.826. The first-order chi connectivity index (χ1) is 13.8. The van der Waals surface area contributed by atoms with Crippen molar-refractivity contribution >= 4 is 51.8 Å². The van der Waals surface area contributed by atoms with Crippen LogP contribution in [0.25, 0.3) is 5.57 Å². The lowest BCUT2D eigenvalue weighted by Gasteiger charge is -2.49. The number of thioether (sulfide) groups is 1. The molecular weight excluding hydrogens is 418 g/mol. The molecule has 1 aromatic rings. The molecule has 0 saturated carbocycles. The average Bonchev–Trinajstić information content (AvgIpc) is 3.10. The molecule has 3 heterocycles. The fraction of sp³-hybridized carbons (Fsp3) is 0.412. The van der Waals surface area contributed by atoms with Gasteiger partial charge in [0.1, 0.15) is 23.7 Å². The first kappa shape index (κ1) is 21.1. The molecule has 10 nitrogen and oxygen atoms in total. The van der Waals surface area contributed by atoms with Gasteiger partial charge in [-0.3, -0.25) is 15.0 Å². The molecule has 0 aliphatic carbocycles. The lowest BCUT2D eigenvalue weighted by molar-refractivity contribution is -0.149. The molecule has 2 unspecified atom stereocenters. The van der Waals surface area contributed by atoms with Crippen molar-refractivity contribution in [1.82, 2.24) is 15.2 Å². The van der Waals surface area contributed by atoms with Gasteiger partial charge in [0.05, 0.1) is 5.69 Å². The molecule has 1 aromatic heterocycles. The van der Waals surface area contributed by atoms with Gasteiger partial charge in [-0.2, -0.15) is 0 Å². The number of thiazole rings is 1.